The van der Waals surface area contributed by atoms with Gasteiger partial charge in [-0.2, -0.15) is 5.10 Å². The first-order chi connectivity index (χ1) is 15.5. The molecule has 1 N–H and O–H groups in total. The Bertz CT molecular complexity index is 1050. The van der Waals surface area contributed by atoms with Gasteiger partial charge in [0, 0.05) is 6.42 Å². The highest BCUT2D eigenvalue weighted by Crippen LogP contribution is 2.18. The average molecular weight is 435 g/mol. The molecule has 3 rings (SSSR count). The second kappa shape index (κ2) is 11.6. The van der Waals surface area contributed by atoms with Gasteiger partial charge in [0.15, 0.2) is 0 Å². The standard InChI is InChI=1S/C26H27FN2O3/c1-19-16-25(31-2)15-10-22(19)4-3-5-26(30)29-28-17-20-8-13-24(14-9-20)32-18-21-6-11-23(27)12-7-21/h6-17H,3-5,18H2,1-2H3,(H,29,30)/b28-17-. The number of nitrogens with zero attached hydrogens (tertiary/aromatic N) is 1. The Morgan fingerprint density at radius 3 is 2.44 bits per heavy atom. The monoisotopic (exact) mass is 434 g/mol. The summed E-state index contributed by atoms with van der Waals surface area (Å²) in [5, 5.41) is 4.02. The van der Waals surface area contributed by atoms with E-state index in [4.69, 9.17) is 9.47 Å². The first-order valence-corrected chi connectivity index (χ1v) is 10.5. The zero-order valence-electron chi connectivity index (χ0n) is 18.3. The largest absolute Gasteiger partial charge is 0.497 e. The Morgan fingerprint density at radius 1 is 1.03 bits per heavy atom. The molecule has 1 amide bonds. The number of aryl methyl sites for hydroxylation is 2. The summed E-state index contributed by atoms with van der Waals surface area (Å²) >= 11 is 0. The van der Waals surface area contributed by atoms with Gasteiger partial charge in [0.05, 0.1) is 13.3 Å². The molecule has 32 heavy (non-hydrogen) atoms. The Morgan fingerprint density at radius 2 is 1.75 bits per heavy atom. The van der Waals surface area contributed by atoms with Crippen LogP contribution in [-0.4, -0.2) is 19.2 Å². The fourth-order valence-electron chi connectivity index (χ4n) is 3.15. The molecule has 3 aromatic rings. The minimum Gasteiger partial charge on any atom is -0.497 e. The van der Waals surface area contributed by atoms with Crippen molar-refractivity contribution in [3.8, 4) is 11.5 Å². The Kier molecular flexibility index (Phi) is 8.37. The maximum Gasteiger partial charge on any atom is 0.240 e. The minimum atomic E-state index is -0.267. The van der Waals surface area contributed by atoms with Gasteiger partial charge in [-0.15, -0.1) is 0 Å². The molecule has 0 saturated carbocycles. The highest BCUT2D eigenvalue weighted by atomic mass is 19.1. The predicted molar refractivity (Wildman–Crippen MR) is 124 cm³/mol. The molecular weight excluding hydrogens is 407 g/mol. The average Bonchev–Trinajstić information content (AvgIpc) is 2.80. The predicted octanol–water partition coefficient (Wildman–Crippen LogP) is 5.19. The number of methoxy groups -OCH3 is 1. The van der Waals surface area contributed by atoms with Crippen LogP contribution in [0.2, 0.25) is 0 Å². The van der Waals surface area contributed by atoms with Crippen LogP contribution in [0, 0.1) is 12.7 Å². The van der Waals surface area contributed by atoms with Gasteiger partial charge in [-0.05, 0) is 90.6 Å². The van der Waals surface area contributed by atoms with Crippen LogP contribution >= 0.6 is 0 Å². The lowest BCUT2D eigenvalue weighted by Crippen LogP contribution is -2.17. The van der Waals surface area contributed by atoms with Crippen molar-refractivity contribution in [2.24, 2.45) is 5.10 Å². The Labute approximate surface area is 187 Å². The molecule has 3 aromatic carbocycles. The van der Waals surface area contributed by atoms with E-state index in [1.165, 1.54) is 17.7 Å². The van der Waals surface area contributed by atoms with Crippen molar-refractivity contribution in [3.63, 3.8) is 0 Å². The molecule has 0 aliphatic heterocycles. The SMILES string of the molecule is COc1ccc(CCCC(=O)N/N=C\c2ccc(OCc3ccc(F)cc3)cc2)c(C)c1. The van der Waals surface area contributed by atoms with E-state index >= 15 is 0 Å². The molecular formula is C26H27FN2O3. The van der Waals surface area contributed by atoms with Crippen molar-refractivity contribution in [1.82, 2.24) is 5.43 Å². The van der Waals surface area contributed by atoms with Gasteiger partial charge < -0.3 is 9.47 Å². The second-order valence-electron chi connectivity index (χ2n) is 7.42. The van der Waals surface area contributed by atoms with Crippen molar-refractivity contribution in [2.45, 2.75) is 32.8 Å². The smallest absolute Gasteiger partial charge is 0.240 e. The molecule has 166 valence electrons. The molecule has 0 atom stereocenters. The van der Waals surface area contributed by atoms with E-state index in [9.17, 15) is 9.18 Å². The quantitative estimate of drug-likeness (QED) is 0.353. The normalized spacial score (nSPS) is 10.8. The number of nitrogens with one attached hydrogen (secondary N) is 1. The lowest BCUT2D eigenvalue weighted by molar-refractivity contribution is -0.121. The number of ether oxygens (including phenoxy) is 2. The van der Waals surface area contributed by atoms with Gasteiger partial charge in [0.1, 0.15) is 23.9 Å². The Hall–Kier alpha value is -3.67. The summed E-state index contributed by atoms with van der Waals surface area (Å²) in [6, 6.07) is 19.5. The fourth-order valence-corrected chi connectivity index (χ4v) is 3.15. The summed E-state index contributed by atoms with van der Waals surface area (Å²) in [7, 11) is 1.65. The topological polar surface area (TPSA) is 59.9 Å². The first kappa shape index (κ1) is 23.0. The summed E-state index contributed by atoms with van der Waals surface area (Å²) in [5.41, 5.74) is 6.67. The van der Waals surface area contributed by atoms with Crippen molar-refractivity contribution < 1.29 is 18.7 Å². The van der Waals surface area contributed by atoms with Crippen molar-refractivity contribution >= 4 is 12.1 Å². The third-order valence-electron chi connectivity index (χ3n) is 5.00. The van der Waals surface area contributed by atoms with Crippen LogP contribution in [0.5, 0.6) is 11.5 Å². The number of halogens is 1. The number of amides is 1. The van der Waals surface area contributed by atoms with Crippen molar-refractivity contribution in [1.29, 1.82) is 0 Å². The van der Waals surface area contributed by atoms with Crippen molar-refractivity contribution in [2.75, 3.05) is 7.11 Å². The lowest BCUT2D eigenvalue weighted by Gasteiger charge is -2.07. The summed E-state index contributed by atoms with van der Waals surface area (Å²) in [5.74, 6) is 1.15. The molecule has 0 fully saturated rings. The summed E-state index contributed by atoms with van der Waals surface area (Å²) in [4.78, 5) is 12.0. The molecule has 0 aliphatic carbocycles. The van der Waals surface area contributed by atoms with E-state index in [0.29, 0.717) is 18.8 Å². The minimum absolute atomic E-state index is 0.119. The molecule has 5 nitrogen and oxygen atoms in total. The molecule has 0 spiro atoms. The van der Waals surface area contributed by atoms with E-state index in [0.717, 1.165) is 35.3 Å². The van der Waals surface area contributed by atoms with Gasteiger partial charge in [-0.3, -0.25) is 4.79 Å². The lowest BCUT2D eigenvalue weighted by atomic mass is 10.0. The maximum absolute atomic E-state index is 12.9. The summed E-state index contributed by atoms with van der Waals surface area (Å²) in [6.07, 6.45) is 3.56. The van der Waals surface area contributed by atoms with Crippen LogP contribution in [0.4, 0.5) is 4.39 Å². The number of hydrogen-bond acceptors (Lipinski definition) is 4. The number of benzene rings is 3. The van der Waals surface area contributed by atoms with Gasteiger partial charge >= 0.3 is 0 Å². The van der Waals surface area contributed by atoms with Crippen LogP contribution in [0.25, 0.3) is 0 Å². The molecule has 0 heterocycles. The molecule has 6 heteroatoms. The van der Waals surface area contributed by atoms with Crippen LogP contribution in [0.15, 0.2) is 71.8 Å². The number of carbonyl (C=O) groups excluding carboxylic acids is 1. The second-order valence-corrected chi connectivity index (χ2v) is 7.42. The van der Waals surface area contributed by atoms with Gasteiger partial charge in [-0.1, -0.05) is 18.2 Å². The van der Waals surface area contributed by atoms with Crippen LogP contribution in [0.1, 0.15) is 35.1 Å². The van der Waals surface area contributed by atoms with Crippen LogP contribution < -0.4 is 14.9 Å². The van der Waals surface area contributed by atoms with E-state index < -0.39 is 0 Å². The molecule has 0 radical (unpaired) electrons. The Balaban J connectivity index is 1.38. The van der Waals surface area contributed by atoms with E-state index in [2.05, 4.69) is 10.5 Å². The number of hydrogen-bond donors (Lipinski definition) is 1. The van der Waals surface area contributed by atoms with Crippen LogP contribution in [-0.2, 0) is 17.8 Å². The molecule has 0 unspecified atom stereocenters. The number of carbonyl (C=O) groups is 1. The third kappa shape index (κ3) is 7.23. The van der Waals surface area contributed by atoms with Gasteiger partial charge in [-0.25, -0.2) is 9.82 Å². The third-order valence-corrected chi connectivity index (χ3v) is 5.00. The summed E-state index contributed by atoms with van der Waals surface area (Å²) < 4.78 is 23.8. The molecule has 0 saturated heterocycles. The number of hydrazone groups is 1. The van der Waals surface area contributed by atoms with Crippen LogP contribution in [0.3, 0.4) is 0 Å². The molecule has 0 aromatic heterocycles. The summed E-state index contributed by atoms with van der Waals surface area (Å²) in [6.45, 7) is 2.40. The van der Waals surface area contributed by atoms with E-state index in [1.54, 1.807) is 25.5 Å². The molecule has 0 bridgehead atoms. The first-order valence-electron chi connectivity index (χ1n) is 10.5. The van der Waals surface area contributed by atoms with Crippen molar-refractivity contribution in [3.05, 3.63) is 94.8 Å². The number of rotatable bonds is 10. The molecule has 0 aliphatic rings. The zero-order chi connectivity index (χ0) is 22.8. The van der Waals surface area contributed by atoms with E-state index in [1.807, 2.05) is 49.4 Å². The highest BCUT2D eigenvalue weighted by Gasteiger charge is 2.04. The highest BCUT2D eigenvalue weighted by molar-refractivity contribution is 5.82. The zero-order valence-corrected chi connectivity index (χ0v) is 18.3. The maximum atomic E-state index is 12.9. The van der Waals surface area contributed by atoms with E-state index in [-0.39, 0.29) is 11.7 Å². The van der Waals surface area contributed by atoms with Gasteiger partial charge in [0.25, 0.3) is 0 Å². The fraction of sp³-hybridized carbons (Fsp3) is 0.231. The van der Waals surface area contributed by atoms with Gasteiger partial charge in [0.2, 0.25) is 5.91 Å².